The number of amides is 2. The van der Waals surface area contributed by atoms with E-state index in [-0.39, 0.29) is 31.2 Å². The molecule has 0 radical (unpaired) electrons. The summed E-state index contributed by atoms with van der Waals surface area (Å²) in [5.41, 5.74) is 1.77. The number of hydrogen-bond donors (Lipinski definition) is 1. The number of nitrogens with zero attached hydrogens (tertiary/aromatic N) is 4. The number of hydrogen-bond acceptors (Lipinski definition) is 7. The lowest BCUT2D eigenvalue weighted by atomic mass is 10.2. The summed E-state index contributed by atoms with van der Waals surface area (Å²) in [6.45, 7) is 1.83. The quantitative estimate of drug-likeness (QED) is 0.608. The Morgan fingerprint density at radius 3 is 2.67 bits per heavy atom. The topological polar surface area (TPSA) is 110 Å². The van der Waals surface area contributed by atoms with Crippen LogP contribution in [0.1, 0.15) is 17.9 Å². The van der Waals surface area contributed by atoms with Gasteiger partial charge in [-0.1, -0.05) is 5.16 Å². The molecule has 9 heteroatoms. The summed E-state index contributed by atoms with van der Waals surface area (Å²) in [7, 11) is 3.17. The first-order chi connectivity index (χ1) is 14.4. The number of rotatable bonds is 8. The number of methoxy groups -OCH3 is 1. The second kappa shape index (κ2) is 9.64. The van der Waals surface area contributed by atoms with E-state index in [1.165, 1.54) is 4.90 Å². The Kier molecular flexibility index (Phi) is 6.74. The normalized spacial score (nSPS) is 10.5. The third-order valence-electron chi connectivity index (χ3n) is 4.36. The molecule has 2 amide bonds. The number of aryl methyl sites for hydroxylation is 2. The van der Waals surface area contributed by atoms with Crippen molar-refractivity contribution >= 4 is 17.6 Å². The Labute approximate surface area is 174 Å². The van der Waals surface area contributed by atoms with Gasteiger partial charge in [-0.05, 0) is 48.9 Å². The molecule has 1 aromatic carbocycles. The van der Waals surface area contributed by atoms with Gasteiger partial charge in [0.2, 0.25) is 23.5 Å². The molecule has 1 N–H and O–H groups in total. The smallest absolute Gasteiger partial charge is 0.245 e. The summed E-state index contributed by atoms with van der Waals surface area (Å²) in [6.07, 6.45) is 2.05. The molecule has 0 aliphatic carbocycles. The Hall–Kier alpha value is -3.75. The third kappa shape index (κ3) is 5.63. The number of carbonyl (C=O) groups excluding carboxylic acids is 2. The minimum absolute atomic E-state index is 0.0740. The highest BCUT2D eigenvalue weighted by atomic mass is 16.5. The van der Waals surface area contributed by atoms with Gasteiger partial charge in [0.1, 0.15) is 11.6 Å². The van der Waals surface area contributed by atoms with E-state index in [1.54, 1.807) is 38.6 Å². The SMILES string of the molecule is COc1ccc(-c2noc(CCC(=O)N(C)CC(=O)Nc3cc(C)ccn3)n2)cc1. The highest BCUT2D eigenvalue weighted by Gasteiger charge is 2.16. The van der Waals surface area contributed by atoms with Crippen LogP contribution in [0.15, 0.2) is 47.1 Å². The predicted molar refractivity (Wildman–Crippen MR) is 110 cm³/mol. The highest BCUT2D eigenvalue weighted by molar-refractivity contribution is 5.93. The molecule has 0 spiro atoms. The maximum Gasteiger partial charge on any atom is 0.245 e. The maximum absolute atomic E-state index is 12.3. The standard InChI is InChI=1S/C21H23N5O4/c1-14-10-11-22-17(12-14)23-18(27)13-26(2)20(28)9-8-19-24-21(25-30-19)15-4-6-16(29-3)7-5-15/h4-7,10-12H,8-9,13H2,1-3H3,(H,22,23,27). The van der Waals surface area contributed by atoms with E-state index in [4.69, 9.17) is 9.26 Å². The van der Waals surface area contributed by atoms with Gasteiger partial charge < -0.3 is 19.5 Å². The fourth-order valence-corrected chi connectivity index (χ4v) is 2.71. The van der Waals surface area contributed by atoms with E-state index in [0.29, 0.717) is 17.5 Å². The number of anilines is 1. The van der Waals surface area contributed by atoms with Crippen molar-refractivity contribution in [2.75, 3.05) is 26.0 Å². The minimum atomic E-state index is -0.316. The molecule has 2 heterocycles. The lowest BCUT2D eigenvalue weighted by Crippen LogP contribution is -2.35. The van der Waals surface area contributed by atoms with Crippen molar-refractivity contribution in [3.05, 3.63) is 54.0 Å². The van der Waals surface area contributed by atoms with Crippen molar-refractivity contribution in [2.45, 2.75) is 19.8 Å². The summed E-state index contributed by atoms with van der Waals surface area (Å²) in [5, 5.41) is 6.62. The van der Waals surface area contributed by atoms with Crippen LogP contribution < -0.4 is 10.1 Å². The van der Waals surface area contributed by atoms with Crippen LogP contribution in [0.2, 0.25) is 0 Å². The first-order valence-electron chi connectivity index (χ1n) is 9.38. The first-order valence-corrected chi connectivity index (χ1v) is 9.38. The predicted octanol–water partition coefficient (Wildman–Crippen LogP) is 2.48. The average Bonchev–Trinajstić information content (AvgIpc) is 3.21. The van der Waals surface area contributed by atoms with E-state index in [0.717, 1.165) is 16.9 Å². The number of carbonyl (C=O) groups is 2. The number of ether oxygens (including phenoxy) is 1. The average molecular weight is 409 g/mol. The van der Waals surface area contributed by atoms with Gasteiger partial charge in [0, 0.05) is 31.6 Å². The number of aromatic nitrogens is 3. The van der Waals surface area contributed by atoms with Crippen molar-refractivity contribution < 1.29 is 18.8 Å². The number of likely N-dealkylation sites (N-methyl/N-ethyl adjacent to an activating group) is 1. The summed E-state index contributed by atoms with van der Waals surface area (Å²) in [4.78, 5) is 34.2. The minimum Gasteiger partial charge on any atom is -0.497 e. The molecule has 30 heavy (non-hydrogen) atoms. The van der Waals surface area contributed by atoms with E-state index < -0.39 is 0 Å². The first kappa shape index (κ1) is 21.0. The Bertz CT molecular complexity index is 1020. The molecule has 2 aromatic heterocycles. The van der Waals surface area contributed by atoms with Gasteiger partial charge in [0.05, 0.1) is 13.7 Å². The zero-order chi connectivity index (χ0) is 21.5. The van der Waals surface area contributed by atoms with Gasteiger partial charge in [-0.25, -0.2) is 4.98 Å². The zero-order valence-electron chi connectivity index (χ0n) is 17.1. The van der Waals surface area contributed by atoms with Crippen LogP contribution in [-0.4, -0.2) is 52.5 Å². The zero-order valence-corrected chi connectivity index (χ0v) is 17.1. The summed E-state index contributed by atoms with van der Waals surface area (Å²) in [5.74, 6) is 1.47. The molecular weight excluding hydrogens is 386 g/mol. The summed E-state index contributed by atoms with van der Waals surface area (Å²) >= 11 is 0. The molecule has 0 atom stereocenters. The molecule has 9 nitrogen and oxygen atoms in total. The van der Waals surface area contributed by atoms with Gasteiger partial charge in [0.25, 0.3) is 0 Å². The number of benzene rings is 1. The van der Waals surface area contributed by atoms with Gasteiger partial charge in [-0.3, -0.25) is 9.59 Å². The van der Waals surface area contributed by atoms with Gasteiger partial charge in [-0.15, -0.1) is 0 Å². The summed E-state index contributed by atoms with van der Waals surface area (Å²) in [6, 6.07) is 10.9. The van der Waals surface area contributed by atoms with Crippen molar-refractivity contribution in [1.82, 2.24) is 20.0 Å². The van der Waals surface area contributed by atoms with E-state index in [1.807, 2.05) is 25.1 Å². The van der Waals surface area contributed by atoms with Crippen molar-refractivity contribution in [3.8, 4) is 17.1 Å². The Balaban J connectivity index is 1.48. The lowest BCUT2D eigenvalue weighted by molar-refractivity contribution is -0.133. The van der Waals surface area contributed by atoms with Crippen molar-refractivity contribution in [1.29, 1.82) is 0 Å². The maximum atomic E-state index is 12.3. The molecule has 0 saturated carbocycles. The van der Waals surface area contributed by atoms with Crippen LogP contribution in [0.4, 0.5) is 5.82 Å². The van der Waals surface area contributed by atoms with Crippen LogP contribution in [0.5, 0.6) is 5.75 Å². The van der Waals surface area contributed by atoms with Crippen LogP contribution in [0.25, 0.3) is 11.4 Å². The molecule has 0 bridgehead atoms. The molecule has 3 aromatic rings. The van der Waals surface area contributed by atoms with Gasteiger partial charge in [-0.2, -0.15) is 4.98 Å². The molecule has 156 valence electrons. The van der Waals surface area contributed by atoms with Crippen molar-refractivity contribution in [2.24, 2.45) is 0 Å². The largest absolute Gasteiger partial charge is 0.497 e. The van der Waals surface area contributed by atoms with Gasteiger partial charge >= 0.3 is 0 Å². The highest BCUT2D eigenvalue weighted by Crippen LogP contribution is 2.20. The fraction of sp³-hybridized carbons (Fsp3) is 0.286. The number of nitrogens with one attached hydrogen (secondary N) is 1. The third-order valence-corrected chi connectivity index (χ3v) is 4.36. The Morgan fingerprint density at radius 2 is 1.97 bits per heavy atom. The molecule has 0 fully saturated rings. The second-order valence-electron chi connectivity index (χ2n) is 6.76. The van der Waals surface area contributed by atoms with Crippen LogP contribution >= 0.6 is 0 Å². The lowest BCUT2D eigenvalue weighted by Gasteiger charge is -2.16. The van der Waals surface area contributed by atoms with Crippen LogP contribution in [0, 0.1) is 6.92 Å². The van der Waals surface area contributed by atoms with Crippen molar-refractivity contribution in [3.63, 3.8) is 0 Å². The van der Waals surface area contributed by atoms with E-state index in [9.17, 15) is 9.59 Å². The van der Waals surface area contributed by atoms with E-state index >= 15 is 0 Å². The molecule has 3 rings (SSSR count). The van der Waals surface area contributed by atoms with E-state index in [2.05, 4.69) is 20.4 Å². The molecule has 0 saturated heterocycles. The monoisotopic (exact) mass is 409 g/mol. The second-order valence-corrected chi connectivity index (χ2v) is 6.76. The van der Waals surface area contributed by atoms with Crippen LogP contribution in [-0.2, 0) is 16.0 Å². The fourth-order valence-electron chi connectivity index (χ4n) is 2.71. The molecule has 0 aliphatic heterocycles. The molecule has 0 aliphatic rings. The molecular formula is C21H23N5O4. The Morgan fingerprint density at radius 1 is 1.20 bits per heavy atom. The molecule has 0 unspecified atom stereocenters. The van der Waals surface area contributed by atoms with Gasteiger partial charge in [0.15, 0.2) is 0 Å². The van der Waals surface area contributed by atoms with Crippen LogP contribution in [0.3, 0.4) is 0 Å². The summed E-state index contributed by atoms with van der Waals surface area (Å²) < 4.78 is 10.4. The number of pyridine rings is 1.